The topological polar surface area (TPSA) is 9.23 Å². The molecular weight excluding hydrogens is 324 g/mol. The van der Waals surface area contributed by atoms with Gasteiger partial charge in [0.2, 0.25) is 0 Å². The van der Waals surface area contributed by atoms with Crippen LogP contribution in [0, 0.1) is 0 Å². The van der Waals surface area contributed by atoms with Gasteiger partial charge in [0.1, 0.15) is 0 Å². The largest absolute Gasteiger partial charge is 0.378 e. The second kappa shape index (κ2) is 5.82. The first-order valence-corrected chi connectivity index (χ1v) is 7.91. The average Bonchev–Trinajstić information content (AvgIpc) is 2.92. The number of fused-ring (bicyclic) bond motifs is 1. The van der Waals surface area contributed by atoms with Crippen molar-refractivity contribution in [2.24, 2.45) is 0 Å². The number of hydrogen-bond acceptors (Lipinski definition) is 1. The maximum Gasteiger partial charge on any atom is 0.0615 e. The van der Waals surface area contributed by atoms with Crippen molar-refractivity contribution in [3.05, 3.63) is 46.4 Å². The molecule has 0 N–H and O–H groups in total. The van der Waals surface area contributed by atoms with E-state index in [4.69, 9.17) is 16.3 Å². The summed E-state index contributed by atoms with van der Waals surface area (Å²) in [5.74, 6) is 0. The molecule has 19 heavy (non-hydrogen) atoms. The molecule has 1 heterocycles. The Morgan fingerprint density at radius 2 is 2.00 bits per heavy atom. The molecule has 3 heteroatoms. The van der Waals surface area contributed by atoms with Crippen LogP contribution in [0.3, 0.4) is 0 Å². The second-order valence-electron chi connectivity index (χ2n) is 5.02. The second-order valence-corrected chi connectivity index (χ2v) is 6.40. The van der Waals surface area contributed by atoms with Crippen LogP contribution in [-0.4, -0.2) is 12.7 Å². The predicted octanol–water partition coefficient (Wildman–Crippen LogP) is 5.45. The highest BCUT2D eigenvalue weighted by atomic mass is 79.9. The molecule has 3 rings (SSSR count). The number of rotatable bonds is 3. The summed E-state index contributed by atoms with van der Waals surface area (Å²) in [5, 5.41) is 2.47. The predicted molar refractivity (Wildman–Crippen MR) is 83.8 cm³/mol. The summed E-state index contributed by atoms with van der Waals surface area (Å²) in [5.41, 5.74) is 1.20. The zero-order valence-corrected chi connectivity index (χ0v) is 13.0. The van der Waals surface area contributed by atoms with Gasteiger partial charge in [-0.25, -0.2) is 0 Å². The molecule has 1 aliphatic rings. The first-order chi connectivity index (χ1) is 9.25. The van der Waals surface area contributed by atoms with Gasteiger partial charge in [-0.3, -0.25) is 0 Å². The summed E-state index contributed by atoms with van der Waals surface area (Å²) in [6.07, 6.45) is 3.52. The molecule has 0 aromatic heterocycles. The van der Waals surface area contributed by atoms with Gasteiger partial charge in [-0.15, -0.1) is 11.6 Å². The van der Waals surface area contributed by atoms with Crippen molar-refractivity contribution in [2.75, 3.05) is 6.61 Å². The summed E-state index contributed by atoms with van der Waals surface area (Å²) in [6, 6.07) is 12.6. The van der Waals surface area contributed by atoms with Gasteiger partial charge in [-0.05, 0) is 41.7 Å². The maximum absolute atomic E-state index is 6.62. The smallest absolute Gasteiger partial charge is 0.0615 e. The Morgan fingerprint density at radius 1 is 1.21 bits per heavy atom. The zero-order chi connectivity index (χ0) is 13.2. The minimum atomic E-state index is 0.0149. The summed E-state index contributed by atoms with van der Waals surface area (Å²) in [6.45, 7) is 0.884. The van der Waals surface area contributed by atoms with E-state index in [1.165, 1.54) is 16.3 Å². The standard InChI is InChI=1S/C16H16BrClO/c17-15-8-7-14(12-5-1-2-6-13(12)15)16(18)10-11-4-3-9-19-11/h1-2,5-8,11,16H,3-4,9-10H2. The van der Waals surface area contributed by atoms with Crippen LogP contribution >= 0.6 is 27.5 Å². The molecule has 2 unspecified atom stereocenters. The fourth-order valence-corrected chi connectivity index (χ4v) is 3.61. The fraction of sp³-hybridized carbons (Fsp3) is 0.375. The Bertz CT molecular complexity index is 578. The number of halogens is 2. The quantitative estimate of drug-likeness (QED) is 0.675. The lowest BCUT2D eigenvalue weighted by Crippen LogP contribution is -2.08. The van der Waals surface area contributed by atoms with Crippen molar-refractivity contribution >= 4 is 38.3 Å². The normalized spacial score (nSPS) is 20.8. The molecule has 0 spiro atoms. The van der Waals surface area contributed by atoms with Crippen molar-refractivity contribution < 1.29 is 4.74 Å². The van der Waals surface area contributed by atoms with Crippen molar-refractivity contribution in [1.82, 2.24) is 0 Å². The third-order valence-electron chi connectivity index (χ3n) is 3.74. The van der Waals surface area contributed by atoms with Crippen molar-refractivity contribution in [3.63, 3.8) is 0 Å². The summed E-state index contributed by atoms with van der Waals surface area (Å²) < 4.78 is 6.81. The van der Waals surface area contributed by atoms with Crippen LogP contribution in [0.1, 0.15) is 30.2 Å². The minimum Gasteiger partial charge on any atom is -0.378 e. The maximum atomic E-state index is 6.62. The van der Waals surface area contributed by atoms with Gasteiger partial charge in [0.25, 0.3) is 0 Å². The first kappa shape index (κ1) is 13.4. The zero-order valence-electron chi connectivity index (χ0n) is 10.6. The Morgan fingerprint density at radius 3 is 2.74 bits per heavy atom. The average molecular weight is 340 g/mol. The van der Waals surface area contributed by atoms with Gasteiger partial charge in [-0.2, -0.15) is 0 Å². The van der Waals surface area contributed by atoms with Gasteiger partial charge in [0.15, 0.2) is 0 Å². The number of alkyl halides is 1. The summed E-state index contributed by atoms with van der Waals surface area (Å²) in [4.78, 5) is 0. The third-order valence-corrected chi connectivity index (χ3v) is 4.84. The fourth-order valence-electron chi connectivity index (χ4n) is 2.75. The van der Waals surface area contributed by atoms with Crippen LogP contribution in [0.5, 0.6) is 0 Å². The van der Waals surface area contributed by atoms with Crippen molar-refractivity contribution in [1.29, 1.82) is 0 Å². The highest BCUT2D eigenvalue weighted by Crippen LogP contribution is 2.36. The highest BCUT2D eigenvalue weighted by Gasteiger charge is 2.21. The molecule has 0 saturated carbocycles. The number of ether oxygens (including phenoxy) is 1. The lowest BCUT2D eigenvalue weighted by atomic mass is 9.98. The molecule has 0 aliphatic carbocycles. The van der Waals surface area contributed by atoms with Crippen LogP contribution in [-0.2, 0) is 4.74 Å². The molecular formula is C16H16BrClO. The monoisotopic (exact) mass is 338 g/mol. The summed E-state index contributed by atoms with van der Waals surface area (Å²) in [7, 11) is 0. The SMILES string of the molecule is ClC(CC1CCCO1)c1ccc(Br)c2ccccc12. The molecule has 100 valence electrons. The van der Waals surface area contributed by atoms with Crippen molar-refractivity contribution in [3.8, 4) is 0 Å². The minimum absolute atomic E-state index is 0.0149. The molecule has 2 aromatic carbocycles. The highest BCUT2D eigenvalue weighted by molar-refractivity contribution is 9.10. The van der Waals surface area contributed by atoms with Crippen LogP contribution in [0.25, 0.3) is 10.8 Å². The van der Waals surface area contributed by atoms with E-state index in [9.17, 15) is 0 Å². The van der Waals surface area contributed by atoms with Gasteiger partial charge in [-0.1, -0.05) is 46.3 Å². The van der Waals surface area contributed by atoms with E-state index in [0.29, 0.717) is 6.10 Å². The molecule has 2 atom stereocenters. The van der Waals surface area contributed by atoms with Gasteiger partial charge in [0, 0.05) is 11.1 Å². The van der Waals surface area contributed by atoms with Gasteiger partial charge < -0.3 is 4.74 Å². The lowest BCUT2D eigenvalue weighted by Gasteiger charge is -2.17. The van der Waals surface area contributed by atoms with Crippen LogP contribution in [0.4, 0.5) is 0 Å². The first-order valence-electron chi connectivity index (χ1n) is 6.68. The van der Waals surface area contributed by atoms with Gasteiger partial charge >= 0.3 is 0 Å². The van der Waals surface area contributed by atoms with E-state index in [0.717, 1.165) is 30.3 Å². The summed E-state index contributed by atoms with van der Waals surface area (Å²) >= 11 is 10.2. The molecule has 1 saturated heterocycles. The molecule has 2 aromatic rings. The molecule has 0 amide bonds. The van der Waals surface area contributed by atoms with Crippen LogP contribution in [0.15, 0.2) is 40.9 Å². The molecule has 1 nitrogen and oxygen atoms in total. The van der Waals surface area contributed by atoms with E-state index < -0.39 is 0 Å². The molecule has 0 radical (unpaired) electrons. The van der Waals surface area contributed by atoms with E-state index in [1.807, 2.05) is 0 Å². The third kappa shape index (κ3) is 2.81. The Hall–Kier alpha value is -0.570. The Balaban J connectivity index is 1.93. The molecule has 0 bridgehead atoms. The number of hydrogen-bond donors (Lipinski definition) is 0. The molecule has 1 fully saturated rings. The number of benzene rings is 2. The van der Waals surface area contributed by atoms with E-state index in [1.54, 1.807) is 0 Å². The Labute approximate surface area is 127 Å². The van der Waals surface area contributed by atoms with E-state index >= 15 is 0 Å². The Kier molecular flexibility index (Phi) is 4.11. The van der Waals surface area contributed by atoms with Gasteiger partial charge in [0.05, 0.1) is 11.5 Å². The van der Waals surface area contributed by atoms with E-state index in [-0.39, 0.29) is 5.38 Å². The lowest BCUT2D eigenvalue weighted by molar-refractivity contribution is 0.103. The van der Waals surface area contributed by atoms with Crippen LogP contribution < -0.4 is 0 Å². The molecule has 1 aliphatic heterocycles. The van der Waals surface area contributed by atoms with E-state index in [2.05, 4.69) is 52.3 Å². The van der Waals surface area contributed by atoms with Crippen molar-refractivity contribution in [2.45, 2.75) is 30.7 Å². The van der Waals surface area contributed by atoms with Crippen LogP contribution in [0.2, 0.25) is 0 Å².